The van der Waals surface area contributed by atoms with Gasteiger partial charge in [0.2, 0.25) is 5.91 Å². The van der Waals surface area contributed by atoms with E-state index in [1.807, 2.05) is 0 Å². The molecule has 2 aliphatic rings. The van der Waals surface area contributed by atoms with Crippen molar-refractivity contribution in [2.45, 2.75) is 56.8 Å². The van der Waals surface area contributed by atoms with E-state index in [-0.39, 0.29) is 48.9 Å². The first-order valence-electron chi connectivity index (χ1n) is 7.06. The van der Waals surface area contributed by atoms with Gasteiger partial charge in [0, 0.05) is 25.6 Å². The minimum Gasteiger partial charge on any atom is -0.370 e. The number of amides is 2. The molecular weight excluding hydrogens is 282 g/mol. The molecule has 116 valence electrons. The van der Waals surface area contributed by atoms with Crippen molar-refractivity contribution in [3.8, 4) is 0 Å². The molecule has 2 heterocycles. The second-order valence-corrected chi connectivity index (χ2v) is 5.41. The number of nitrogens with zero attached hydrogens (tertiary/aromatic N) is 1. The third-order valence-corrected chi connectivity index (χ3v) is 3.99. The van der Waals surface area contributed by atoms with Gasteiger partial charge in [-0.25, -0.2) is 0 Å². The van der Waals surface area contributed by atoms with Crippen LogP contribution < -0.4 is 11.5 Å². The number of nitrogens with two attached hydrogens (primary N) is 2. The van der Waals surface area contributed by atoms with Crippen LogP contribution >= 0.6 is 12.4 Å². The number of hydrogen-bond acceptors (Lipinski definition) is 4. The molecule has 0 saturated carbocycles. The van der Waals surface area contributed by atoms with Crippen LogP contribution in [0.2, 0.25) is 0 Å². The lowest BCUT2D eigenvalue weighted by Crippen LogP contribution is -2.49. The predicted octanol–water partition coefficient (Wildman–Crippen LogP) is 0.171. The van der Waals surface area contributed by atoms with E-state index in [2.05, 4.69) is 0 Å². The Bertz CT molecular complexity index is 354. The number of ether oxygens (including phenoxy) is 1. The van der Waals surface area contributed by atoms with Crippen LogP contribution in [0.1, 0.15) is 38.5 Å². The van der Waals surface area contributed by atoms with Crippen LogP contribution in [0.15, 0.2) is 0 Å². The Kier molecular flexibility index (Phi) is 6.71. The molecule has 2 saturated heterocycles. The molecule has 0 aromatic rings. The molecule has 20 heavy (non-hydrogen) atoms. The number of halogens is 1. The smallest absolute Gasteiger partial charge is 0.251 e. The average Bonchev–Trinajstić information content (AvgIpc) is 2.86. The SMILES string of the molecule is Cl.NC[C@H]1CC[C@@H](C(=O)N2CCCCC2CC(N)=O)O1. The van der Waals surface area contributed by atoms with Gasteiger partial charge in [-0.15, -0.1) is 12.4 Å². The summed E-state index contributed by atoms with van der Waals surface area (Å²) in [6.07, 6.45) is 4.28. The van der Waals surface area contributed by atoms with Gasteiger partial charge in [-0.3, -0.25) is 9.59 Å². The van der Waals surface area contributed by atoms with E-state index < -0.39 is 0 Å². The largest absolute Gasteiger partial charge is 0.370 e. The van der Waals surface area contributed by atoms with Crippen LogP contribution in [0.5, 0.6) is 0 Å². The Morgan fingerprint density at radius 3 is 2.55 bits per heavy atom. The number of rotatable bonds is 4. The standard InChI is InChI=1S/C13H23N3O3.ClH/c14-8-10-4-5-11(19-10)13(18)16-6-2-1-3-9(16)7-12(15)17;/h9-11H,1-8,14H2,(H2,15,17);1H/t9?,10-,11+;/m1./s1. The second kappa shape index (κ2) is 7.81. The molecule has 0 radical (unpaired) electrons. The van der Waals surface area contributed by atoms with Crippen LogP contribution in [-0.4, -0.2) is 48.1 Å². The molecule has 2 aliphatic heterocycles. The summed E-state index contributed by atoms with van der Waals surface area (Å²) in [5.41, 5.74) is 10.8. The van der Waals surface area contributed by atoms with Crippen LogP contribution in [-0.2, 0) is 14.3 Å². The fourth-order valence-electron chi connectivity index (χ4n) is 2.98. The van der Waals surface area contributed by atoms with Gasteiger partial charge >= 0.3 is 0 Å². The van der Waals surface area contributed by atoms with Gasteiger partial charge in [0.15, 0.2) is 0 Å². The number of likely N-dealkylation sites (tertiary alicyclic amines) is 1. The van der Waals surface area contributed by atoms with Crippen molar-refractivity contribution in [3.05, 3.63) is 0 Å². The number of hydrogen-bond donors (Lipinski definition) is 2. The summed E-state index contributed by atoms with van der Waals surface area (Å²) in [5.74, 6) is -0.348. The normalized spacial score (nSPS) is 29.9. The molecule has 0 aromatic heterocycles. The molecule has 6 nitrogen and oxygen atoms in total. The first-order chi connectivity index (χ1) is 9.11. The predicted molar refractivity (Wildman–Crippen MR) is 77.4 cm³/mol. The topological polar surface area (TPSA) is 98.7 Å². The second-order valence-electron chi connectivity index (χ2n) is 5.41. The molecule has 0 spiro atoms. The van der Waals surface area contributed by atoms with E-state index in [0.29, 0.717) is 13.1 Å². The summed E-state index contributed by atoms with van der Waals surface area (Å²) in [7, 11) is 0. The fourth-order valence-corrected chi connectivity index (χ4v) is 2.98. The van der Waals surface area contributed by atoms with Gasteiger partial charge in [0.05, 0.1) is 6.10 Å². The summed E-state index contributed by atoms with van der Waals surface area (Å²) >= 11 is 0. The third kappa shape index (κ3) is 4.07. The lowest BCUT2D eigenvalue weighted by atomic mass is 9.98. The molecule has 0 aliphatic carbocycles. The first-order valence-corrected chi connectivity index (χ1v) is 7.06. The lowest BCUT2D eigenvalue weighted by Gasteiger charge is -2.36. The zero-order valence-electron chi connectivity index (χ0n) is 11.6. The molecule has 2 rings (SSSR count). The van der Waals surface area contributed by atoms with Gasteiger partial charge in [0.1, 0.15) is 6.10 Å². The highest BCUT2D eigenvalue weighted by atomic mass is 35.5. The summed E-state index contributed by atoms with van der Waals surface area (Å²) in [6, 6.07) is -0.0562. The molecule has 4 N–H and O–H groups in total. The van der Waals surface area contributed by atoms with Gasteiger partial charge < -0.3 is 21.1 Å². The Balaban J connectivity index is 0.00000200. The quantitative estimate of drug-likeness (QED) is 0.773. The number of carbonyl (C=O) groups excluding carboxylic acids is 2. The average molecular weight is 306 g/mol. The highest BCUT2D eigenvalue weighted by Gasteiger charge is 2.36. The van der Waals surface area contributed by atoms with Crippen LogP contribution in [0.25, 0.3) is 0 Å². The summed E-state index contributed by atoms with van der Waals surface area (Å²) in [5, 5.41) is 0. The molecule has 1 unspecified atom stereocenters. The minimum absolute atomic E-state index is 0. The number of piperidine rings is 1. The maximum Gasteiger partial charge on any atom is 0.251 e. The van der Waals surface area contributed by atoms with E-state index in [1.165, 1.54) is 0 Å². The van der Waals surface area contributed by atoms with Crippen LogP contribution in [0, 0.1) is 0 Å². The molecule has 2 fully saturated rings. The molecule has 2 amide bonds. The number of primary amides is 1. The Morgan fingerprint density at radius 2 is 1.95 bits per heavy atom. The van der Waals surface area contributed by atoms with E-state index >= 15 is 0 Å². The monoisotopic (exact) mass is 305 g/mol. The van der Waals surface area contributed by atoms with Crippen molar-refractivity contribution in [1.82, 2.24) is 4.90 Å². The van der Waals surface area contributed by atoms with Gasteiger partial charge in [-0.05, 0) is 32.1 Å². The van der Waals surface area contributed by atoms with Gasteiger partial charge in [0.25, 0.3) is 5.91 Å². The van der Waals surface area contributed by atoms with Crippen molar-refractivity contribution >= 4 is 24.2 Å². The zero-order valence-corrected chi connectivity index (χ0v) is 12.4. The minimum atomic E-state index is -0.387. The molecule has 0 bridgehead atoms. The van der Waals surface area contributed by atoms with E-state index in [0.717, 1.165) is 32.1 Å². The Labute approximate surface area is 125 Å². The van der Waals surface area contributed by atoms with Crippen molar-refractivity contribution in [1.29, 1.82) is 0 Å². The summed E-state index contributed by atoms with van der Waals surface area (Å²) in [6.45, 7) is 1.15. The van der Waals surface area contributed by atoms with Crippen LogP contribution in [0.4, 0.5) is 0 Å². The fraction of sp³-hybridized carbons (Fsp3) is 0.846. The summed E-state index contributed by atoms with van der Waals surface area (Å²) in [4.78, 5) is 25.3. The van der Waals surface area contributed by atoms with E-state index in [4.69, 9.17) is 16.2 Å². The van der Waals surface area contributed by atoms with Crippen LogP contribution in [0.3, 0.4) is 0 Å². The molecular formula is C13H24ClN3O3. The van der Waals surface area contributed by atoms with Crippen molar-refractivity contribution in [2.24, 2.45) is 11.5 Å². The Morgan fingerprint density at radius 1 is 1.20 bits per heavy atom. The highest BCUT2D eigenvalue weighted by molar-refractivity contribution is 5.85. The maximum atomic E-state index is 12.5. The van der Waals surface area contributed by atoms with Crippen molar-refractivity contribution < 1.29 is 14.3 Å². The lowest BCUT2D eigenvalue weighted by molar-refractivity contribution is -0.147. The maximum absolute atomic E-state index is 12.5. The summed E-state index contributed by atoms with van der Waals surface area (Å²) < 4.78 is 5.65. The number of carbonyl (C=O) groups is 2. The van der Waals surface area contributed by atoms with Crippen molar-refractivity contribution in [3.63, 3.8) is 0 Å². The van der Waals surface area contributed by atoms with Gasteiger partial charge in [-0.2, -0.15) is 0 Å². The van der Waals surface area contributed by atoms with Gasteiger partial charge in [-0.1, -0.05) is 0 Å². The first kappa shape index (κ1) is 17.2. The third-order valence-electron chi connectivity index (χ3n) is 3.99. The highest BCUT2D eigenvalue weighted by Crippen LogP contribution is 2.25. The molecule has 3 atom stereocenters. The Hall–Kier alpha value is -0.850. The van der Waals surface area contributed by atoms with E-state index in [1.54, 1.807) is 4.90 Å². The van der Waals surface area contributed by atoms with E-state index in [9.17, 15) is 9.59 Å². The molecule has 0 aromatic carbocycles. The molecule has 7 heteroatoms. The van der Waals surface area contributed by atoms with Crippen molar-refractivity contribution in [2.75, 3.05) is 13.1 Å². The zero-order chi connectivity index (χ0) is 13.8.